The van der Waals surface area contributed by atoms with Crippen LogP contribution in [0.2, 0.25) is 24.2 Å². The molecule has 1 rings (SSSR count). The van der Waals surface area contributed by atoms with Crippen LogP contribution in [0.1, 0.15) is 13.8 Å². The second-order valence-electron chi connectivity index (χ2n) is 3.09. The van der Waals surface area contributed by atoms with Gasteiger partial charge in [-0.2, -0.15) is 0 Å². The van der Waals surface area contributed by atoms with Crippen LogP contribution in [0.5, 0.6) is 0 Å². The maximum Gasteiger partial charge on any atom is 0.0605 e. The molecule has 0 saturated heterocycles. The predicted molar refractivity (Wildman–Crippen MR) is 45.5 cm³/mol. The van der Waals surface area contributed by atoms with Crippen LogP contribution < -0.4 is 0 Å². The molecule has 0 aromatic heterocycles. The Morgan fingerprint density at radius 1 is 1.11 bits per heavy atom. The van der Waals surface area contributed by atoms with Crippen molar-refractivity contribution in [2.75, 3.05) is 0 Å². The van der Waals surface area contributed by atoms with Crippen LogP contribution in [0.3, 0.4) is 0 Å². The Labute approximate surface area is 59.0 Å². The molecule has 0 saturated carbocycles. The molecule has 0 aromatic carbocycles. The van der Waals surface area contributed by atoms with Gasteiger partial charge < -0.3 is 0 Å². The van der Waals surface area contributed by atoms with E-state index in [9.17, 15) is 0 Å². The van der Waals surface area contributed by atoms with Crippen LogP contribution in [0.15, 0.2) is 12.2 Å². The quantitative estimate of drug-likeness (QED) is 0.408. The van der Waals surface area contributed by atoms with Crippen LogP contribution in [0, 0.1) is 0 Å². The van der Waals surface area contributed by atoms with Crippen molar-refractivity contribution in [2.45, 2.75) is 38.0 Å². The second-order valence-corrected chi connectivity index (χ2v) is 8.32. The van der Waals surface area contributed by atoms with E-state index in [1.54, 1.807) is 0 Å². The molecule has 1 heterocycles. The molecule has 1 aliphatic rings. The molecule has 0 bridgehead atoms. The maximum absolute atomic E-state index is 2.39. The second kappa shape index (κ2) is 2.69. The summed E-state index contributed by atoms with van der Waals surface area (Å²) in [5.74, 6) is 0. The normalized spacial score (nSPS) is 22.9. The SMILES string of the molecule is CC[Si]1(CC)CC=CC1. The highest BCUT2D eigenvalue weighted by molar-refractivity contribution is 6.81. The Morgan fingerprint density at radius 3 is 1.78 bits per heavy atom. The third-order valence-electron chi connectivity index (χ3n) is 2.77. The first-order chi connectivity index (χ1) is 4.33. The summed E-state index contributed by atoms with van der Waals surface area (Å²) in [5.41, 5.74) is 0. The third kappa shape index (κ3) is 1.26. The standard InChI is InChI=1S/C8H16Si/c1-3-9(4-2)7-5-6-8-9/h5-6H,3-4,7-8H2,1-2H3. The van der Waals surface area contributed by atoms with Crippen molar-refractivity contribution in [1.82, 2.24) is 0 Å². The molecule has 0 spiro atoms. The highest BCUT2D eigenvalue weighted by Crippen LogP contribution is 2.30. The lowest BCUT2D eigenvalue weighted by molar-refractivity contribution is 1.21. The van der Waals surface area contributed by atoms with Gasteiger partial charge in [0.25, 0.3) is 0 Å². The van der Waals surface area contributed by atoms with E-state index < -0.39 is 8.07 Å². The van der Waals surface area contributed by atoms with Gasteiger partial charge in [-0.05, 0) is 12.1 Å². The van der Waals surface area contributed by atoms with Crippen molar-refractivity contribution in [2.24, 2.45) is 0 Å². The minimum Gasteiger partial charge on any atom is -0.0915 e. The van der Waals surface area contributed by atoms with Crippen molar-refractivity contribution in [3.8, 4) is 0 Å². The molecule has 0 unspecified atom stereocenters. The number of allylic oxidation sites excluding steroid dienone is 2. The summed E-state index contributed by atoms with van der Waals surface area (Å²) in [5, 5.41) is 0. The molecule has 0 nitrogen and oxygen atoms in total. The average molecular weight is 140 g/mol. The van der Waals surface area contributed by atoms with Crippen LogP contribution in [0.4, 0.5) is 0 Å². The van der Waals surface area contributed by atoms with E-state index in [-0.39, 0.29) is 0 Å². The van der Waals surface area contributed by atoms with Gasteiger partial charge in [0, 0.05) is 0 Å². The van der Waals surface area contributed by atoms with Crippen molar-refractivity contribution >= 4 is 8.07 Å². The van der Waals surface area contributed by atoms with Gasteiger partial charge in [0.15, 0.2) is 0 Å². The summed E-state index contributed by atoms with van der Waals surface area (Å²) in [6, 6.07) is 5.88. The molecule has 9 heavy (non-hydrogen) atoms. The summed E-state index contributed by atoms with van der Waals surface area (Å²) >= 11 is 0. The molecule has 0 radical (unpaired) electrons. The van der Waals surface area contributed by atoms with Crippen molar-refractivity contribution in [3.05, 3.63) is 12.2 Å². The lowest BCUT2D eigenvalue weighted by Crippen LogP contribution is -2.27. The molecule has 0 aromatic rings. The summed E-state index contributed by atoms with van der Waals surface area (Å²) < 4.78 is 0. The summed E-state index contributed by atoms with van der Waals surface area (Å²) in [7, 11) is -0.691. The van der Waals surface area contributed by atoms with Crippen LogP contribution in [-0.2, 0) is 0 Å². The molecular formula is C8H16Si. The zero-order valence-electron chi connectivity index (χ0n) is 6.48. The fraction of sp³-hybridized carbons (Fsp3) is 0.750. The van der Waals surface area contributed by atoms with Gasteiger partial charge in [-0.25, -0.2) is 0 Å². The van der Waals surface area contributed by atoms with Gasteiger partial charge in [-0.3, -0.25) is 0 Å². The van der Waals surface area contributed by atoms with Crippen molar-refractivity contribution < 1.29 is 0 Å². The predicted octanol–water partition coefficient (Wildman–Crippen LogP) is 3.04. The summed E-state index contributed by atoms with van der Waals surface area (Å²) in [6.45, 7) is 4.73. The van der Waals surface area contributed by atoms with Gasteiger partial charge in [-0.15, -0.1) is 0 Å². The Balaban J connectivity index is 2.50. The lowest BCUT2D eigenvalue weighted by atomic mass is 10.6. The van der Waals surface area contributed by atoms with Gasteiger partial charge in [0.1, 0.15) is 0 Å². The average Bonchev–Trinajstić information content (AvgIpc) is 2.36. The third-order valence-corrected chi connectivity index (χ3v) is 7.97. The molecule has 0 aliphatic carbocycles. The highest BCUT2D eigenvalue weighted by atomic mass is 28.3. The minimum atomic E-state index is -0.691. The van der Waals surface area contributed by atoms with Crippen LogP contribution in [-0.4, -0.2) is 8.07 Å². The zero-order chi connectivity index (χ0) is 6.74. The van der Waals surface area contributed by atoms with E-state index in [1.165, 1.54) is 24.2 Å². The van der Waals surface area contributed by atoms with Gasteiger partial charge in [-0.1, -0.05) is 38.1 Å². The van der Waals surface area contributed by atoms with Gasteiger partial charge >= 0.3 is 0 Å². The number of hydrogen-bond acceptors (Lipinski definition) is 0. The number of rotatable bonds is 2. The van der Waals surface area contributed by atoms with E-state index in [1.807, 2.05) is 0 Å². The van der Waals surface area contributed by atoms with Gasteiger partial charge in [0.2, 0.25) is 0 Å². The Morgan fingerprint density at radius 2 is 1.56 bits per heavy atom. The Bertz CT molecular complexity index is 102. The lowest BCUT2D eigenvalue weighted by Gasteiger charge is -2.22. The molecule has 52 valence electrons. The first-order valence-corrected chi connectivity index (χ1v) is 6.81. The van der Waals surface area contributed by atoms with E-state index in [2.05, 4.69) is 26.0 Å². The monoisotopic (exact) mass is 140 g/mol. The first kappa shape index (κ1) is 7.07. The molecular weight excluding hydrogens is 124 g/mol. The minimum absolute atomic E-state index is 0.691. The number of hydrogen-bond donors (Lipinski definition) is 0. The topological polar surface area (TPSA) is 0 Å². The van der Waals surface area contributed by atoms with Crippen LogP contribution in [0.25, 0.3) is 0 Å². The Kier molecular flexibility index (Phi) is 2.12. The van der Waals surface area contributed by atoms with E-state index in [0.29, 0.717) is 0 Å². The Hall–Kier alpha value is -0.0431. The van der Waals surface area contributed by atoms with E-state index in [0.717, 1.165) is 0 Å². The first-order valence-electron chi connectivity index (χ1n) is 3.98. The smallest absolute Gasteiger partial charge is 0.0605 e. The highest BCUT2D eigenvalue weighted by Gasteiger charge is 2.28. The fourth-order valence-corrected chi connectivity index (χ4v) is 4.73. The largest absolute Gasteiger partial charge is 0.0915 e. The molecule has 0 fully saturated rings. The molecule has 0 atom stereocenters. The van der Waals surface area contributed by atoms with E-state index >= 15 is 0 Å². The molecule has 0 amide bonds. The molecule has 1 aliphatic heterocycles. The van der Waals surface area contributed by atoms with Crippen molar-refractivity contribution in [1.29, 1.82) is 0 Å². The molecule has 1 heteroatoms. The zero-order valence-corrected chi connectivity index (χ0v) is 7.48. The van der Waals surface area contributed by atoms with E-state index in [4.69, 9.17) is 0 Å². The van der Waals surface area contributed by atoms with Crippen molar-refractivity contribution in [3.63, 3.8) is 0 Å². The van der Waals surface area contributed by atoms with Gasteiger partial charge in [0.05, 0.1) is 8.07 Å². The maximum atomic E-state index is 2.39. The fourth-order valence-electron chi connectivity index (χ4n) is 1.58. The summed E-state index contributed by atoms with van der Waals surface area (Å²) in [6.07, 6.45) is 4.78. The summed E-state index contributed by atoms with van der Waals surface area (Å²) in [4.78, 5) is 0. The van der Waals surface area contributed by atoms with Crippen LogP contribution >= 0.6 is 0 Å². The molecule has 0 N–H and O–H groups in total.